The maximum atomic E-state index is 11.7. The zero-order valence-corrected chi connectivity index (χ0v) is 23.7. The second kappa shape index (κ2) is 7.80. The van der Waals surface area contributed by atoms with Gasteiger partial charge in [0.25, 0.3) is 0 Å². The third kappa shape index (κ3) is 3.18. The average Bonchev–Trinajstić information content (AvgIpc) is 2.78. The summed E-state index contributed by atoms with van der Waals surface area (Å²) in [6, 6.07) is 0. The molecule has 0 aliphatic heterocycles. The molecule has 4 heteroatoms. The normalized spacial score (nSPS) is 54.5. The Labute approximate surface area is 213 Å². The van der Waals surface area contributed by atoms with Crippen molar-refractivity contribution in [3.8, 4) is 0 Å². The summed E-state index contributed by atoms with van der Waals surface area (Å²) in [5.41, 5.74) is 1.29. The zero-order valence-electron chi connectivity index (χ0n) is 23.7. The standard InChI is InChI=1S/C31H52O4/c1-26(2)11-13-31(18-32)14-12-28(5)19(20(31)17-26)15-21(35-8)25-29(28,6)10-9-22-27(3,4)23(33)16-24(34)30(22,25)7/h15,20-25,32-34H,9-14,16-18H2,1-8H3/t20-,21-,22?,23+,24-,25+,28-,29-,30-,31-/m1/s1. The van der Waals surface area contributed by atoms with Gasteiger partial charge in [0.05, 0.1) is 18.3 Å². The van der Waals surface area contributed by atoms with Gasteiger partial charge >= 0.3 is 0 Å². The number of aliphatic hydroxyl groups excluding tert-OH is 3. The first kappa shape index (κ1) is 26.2. The fourth-order valence-electron chi connectivity index (χ4n) is 10.8. The van der Waals surface area contributed by atoms with Gasteiger partial charge in [-0.2, -0.15) is 0 Å². The highest BCUT2D eigenvalue weighted by molar-refractivity contribution is 5.36. The van der Waals surface area contributed by atoms with Crippen LogP contribution < -0.4 is 0 Å². The van der Waals surface area contributed by atoms with Gasteiger partial charge in [-0.15, -0.1) is 0 Å². The van der Waals surface area contributed by atoms with E-state index in [0.29, 0.717) is 12.3 Å². The van der Waals surface area contributed by atoms with Crippen LogP contribution in [-0.2, 0) is 4.74 Å². The number of methoxy groups -OCH3 is 1. The number of hydrogen-bond acceptors (Lipinski definition) is 4. The summed E-state index contributed by atoms with van der Waals surface area (Å²) in [7, 11) is 1.85. The van der Waals surface area contributed by atoms with Gasteiger partial charge in [-0.25, -0.2) is 0 Å². The van der Waals surface area contributed by atoms with Gasteiger partial charge in [-0.3, -0.25) is 0 Å². The van der Waals surface area contributed by atoms with Gasteiger partial charge in [0.1, 0.15) is 0 Å². The topological polar surface area (TPSA) is 69.9 Å². The molecule has 5 aliphatic rings. The van der Waals surface area contributed by atoms with Gasteiger partial charge in [-0.1, -0.05) is 60.1 Å². The monoisotopic (exact) mass is 488 g/mol. The Morgan fingerprint density at radius 1 is 0.914 bits per heavy atom. The molecule has 4 nitrogen and oxygen atoms in total. The van der Waals surface area contributed by atoms with E-state index in [1.807, 2.05) is 7.11 Å². The predicted octanol–water partition coefficient (Wildman–Crippen LogP) is 5.74. The van der Waals surface area contributed by atoms with Crippen molar-refractivity contribution in [1.29, 1.82) is 0 Å². The van der Waals surface area contributed by atoms with Crippen LogP contribution in [0.2, 0.25) is 0 Å². The Kier molecular flexibility index (Phi) is 5.84. The minimum atomic E-state index is -0.537. The van der Waals surface area contributed by atoms with E-state index in [1.165, 1.54) is 6.42 Å². The summed E-state index contributed by atoms with van der Waals surface area (Å²) in [4.78, 5) is 0. The van der Waals surface area contributed by atoms with Gasteiger partial charge in [0.15, 0.2) is 0 Å². The molecule has 4 saturated carbocycles. The summed E-state index contributed by atoms with van der Waals surface area (Å²) < 4.78 is 6.36. The van der Waals surface area contributed by atoms with Gasteiger partial charge in [0, 0.05) is 36.9 Å². The number of rotatable bonds is 2. The van der Waals surface area contributed by atoms with E-state index >= 15 is 0 Å². The van der Waals surface area contributed by atoms with Crippen LogP contribution in [0.5, 0.6) is 0 Å². The molecule has 5 rings (SSSR count). The molecule has 0 aromatic rings. The van der Waals surface area contributed by atoms with E-state index < -0.39 is 12.2 Å². The van der Waals surface area contributed by atoms with Crippen LogP contribution >= 0.6 is 0 Å². The first-order valence-electron chi connectivity index (χ1n) is 14.3. The van der Waals surface area contributed by atoms with Crippen LogP contribution in [0.4, 0.5) is 0 Å². The van der Waals surface area contributed by atoms with Gasteiger partial charge < -0.3 is 20.1 Å². The summed E-state index contributed by atoms with van der Waals surface area (Å²) in [6.07, 6.45) is 9.59. The second-order valence-corrected chi connectivity index (χ2v) is 15.5. The smallest absolute Gasteiger partial charge is 0.0794 e. The highest BCUT2D eigenvalue weighted by Gasteiger charge is 2.72. The van der Waals surface area contributed by atoms with Gasteiger partial charge in [-0.05, 0) is 78.4 Å². The van der Waals surface area contributed by atoms with Crippen molar-refractivity contribution in [2.24, 2.45) is 50.2 Å². The fraction of sp³-hybridized carbons (Fsp3) is 0.935. The molecule has 35 heavy (non-hydrogen) atoms. The number of hydrogen-bond donors (Lipinski definition) is 3. The quantitative estimate of drug-likeness (QED) is 0.434. The molecule has 10 atom stereocenters. The molecule has 0 aromatic carbocycles. The van der Waals surface area contributed by atoms with E-state index in [4.69, 9.17) is 4.74 Å². The van der Waals surface area contributed by atoms with Crippen LogP contribution in [0.25, 0.3) is 0 Å². The minimum absolute atomic E-state index is 0.0000907. The van der Waals surface area contributed by atoms with Crippen molar-refractivity contribution < 1.29 is 20.1 Å². The molecule has 1 unspecified atom stereocenters. The Bertz CT molecular complexity index is 892. The van der Waals surface area contributed by atoms with Crippen molar-refractivity contribution in [1.82, 2.24) is 0 Å². The Balaban J connectivity index is 1.68. The molecular weight excluding hydrogens is 436 g/mol. The minimum Gasteiger partial charge on any atom is -0.396 e. The average molecular weight is 489 g/mol. The van der Waals surface area contributed by atoms with Gasteiger partial charge in [0.2, 0.25) is 0 Å². The van der Waals surface area contributed by atoms with Crippen molar-refractivity contribution in [3.05, 3.63) is 11.6 Å². The van der Waals surface area contributed by atoms with Crippen molar-refractivity contribution >= 4 is 0 Å². The van der Waals surface area contributed by atoms with Crippen LogP contribution in [-0.4, -0.2) is 47.3 Å². The molecule has 200 valence electrons. The fourth-order valence-corrected chi connectivity index (χ4v) is 10.8. The molecule has 0 saturated heterocycles. The highest BCUT2D eigenvalue weighted by Crippen LogP contribution is 2.75. The van der Waals surface area contributed by atoms with E-state index in [-0.39, 0.29) is 57.0 Å². The summed E-state index contributed by atoms with van der Waals surface area (Å²) >= 11 is 0. The van der Waals surface area contributed by atoms with Crippen LogP contribution in [0.1, 0.15) is 99.8 Å². The van der Waals surface area contributed by atoms with E-state index in [1.54, 1.807) is 5.57 Å². The maximum Gasteiger partial charge on any atom is 0.0794 e. The first-order valence-corrected chi connectivity index (χ1v) is 14.3. The van der Waals surface area contributed by atoms with E-state index in [9.17, 15) is 15.3 Å². The maximum absolute atomic E-state index is 11.7. The molecule has 4 fully saturated rings. The molecule has 0 aromatic heterocycles. The molecule has 0 radical (unpaired) electrons. The molecule has 3 N–H and O–H groups in total. The lowest BCUT2D eigenvalue weighted by Crippen LogP contribution is -2.70. The Hall–Kier alpha value is -0.420. The SMILES string of the molecule is CO[C@@H]1C=C2[C@H]3CC(C)(C)CC[C@]3(CO)CC[C@@]2(C)[C@]2(C)CCC3C(C)(C)[C@@H](O)C[C@@H](O)[C@]3(C)[C@@H]12. The van der Waals surface area contributed by atoms with Crippen molar-refractivity contribution in [2.75, 3.05) is 13.7 Å². The van der Waals surface area contributed by atoms with Crippen LogP contribution in [0, 0.1) is 50.2 Å². The van der Waals surface area contributed by atoms with Crippen LogP contribution in [0.15, 0.2) is 11.6 Å². The first-order chi connectivity index (χ1) is 16.1. The highest BCUT2D eigenvalue weighted by atomic mass is 16.5. The largest absolute Gasteiger partial charge is 0.396 e. The zero-order chi connectivity index (χ0) is 25.8. The Morgan fingerprint density at radius 2 is 1.57 bits per heavy atom. The summed E-state index contributed by atoms with van der Waals surface area (Å²) in [6.45, 7) is 16.8. The third-order valence-electron chi connectivity index (χ3n) is 13.4. The summed E-state index contributed by atoms with van der Waals surface area (Å²) in [5, 5.41) is 33.4. The van der Waals surface area contributed by atoms with E-state index in [2.05, 4.69) is 54.5 Å². The Morgan fingerprint density at radius 3 is 2.20 bits per heavy atom. The molecule has 0 heterocycles. The lowest BCUT2D eigenvalue weighted by Gasteiger charge is -2.73. The number of fused-ring (bicyclic) bond motifs is 7. The lowest BCUT2D eigenvalue weighted by molar-refractivity contribution is -0.263. The second-order valence-electron chi connectivity index (χ2n) is 15.5. The molecular formula is C31H52O4. The molecule has 0 spiro atoms. The molecule has 0 bridgehead atoms. The number of ether oxygens (including phenoxy) is 1. The molecule has 0 amide bonds. The number of allylic oxidation sites excluding steroid dienone is 1. The third-order valence-corrected chi connectivity index (χ3v) is 13.4. The predicted molar refractivity (Wildman–Crippen MR) is 140 cm³/mol. The number of aliphatic hydroxyl groups is 3. The lowest BCUT2D eigenvalue weighted by atomic mass is 9.32. The molecule has 5 aliphatic carbocycles. The summed E-state index contributed by atoms with van der Waals surface area (Å²) in [5.74, 6) is 0.828. The van der Waals surface area contributed by atoms with Crippen molar-refractivity contribution in [2.45, 2.75) is 118 Å². The van der Waals surface area contributed by atoms with E-state index in [0.717, 1.165) is 38.5 Å². The van der Waals surface area contributed by atoms with Crippen molar-refractivity contribution in [3.63, 3.8) is 0 Å². The van der Waals surface area contributed by atoms with Crippen LogP contribution in [0.3, 0.4) is 0 Å².